The van der Waals surface area contributed by atoms with Gasteiger partial charge in [-0.2, -0.15) is 0 Å². The van der Waals surface area contributed by atoms with Crippen LogP contribution in [0.15, 0.2) is 11.8 Å². The van der Waals surface area contributed by atoms with Crippen LogP contribution in [0.5, 0.6) is 0 Å². The van der Waals surface area contributed by atoms with Crippen molar-refractivity contribution in [1.29, 1.82) is 0 Å². The molecular formula is C7H10O. The Kier molecular flexibility index (Phi) is 0.833. The van der Waals surface area contributed by atoms with Crippen molar-refractivity contribution >= 4 is 0 Å². The molecule has 1 heteroatoms. The Hall–Kier alpha value is -0.460. The van der Waals surface area contributed by atoms with Crippen LogP contribution in [-0.2, 0) is 4.74 Å². The fraction of sp³-hybridized carbons (Fsp3) is 0.714. The van der Waals surface area contributed by atoms with Crippen LogP contribution in [0.2, 0.25) is 0 Å². The first kappa shape index (κ1) is 4.42. The minimum atomic E-state index is 0.928. The van der Waals surface area contributed by atoms with E-state index in [9.17, 15) is 0 Å². The van der Waals surface area contributed by atoms with E-state index < -0.39 is 0 Å². The molecule has 0 aromatic rings. The lowest BCUT2D eigenvalue weighted by molar-refractivity contribution is 0.281. The molecule has 0 aromatic carbocycles. The molecule has 0 radical (unpaired) electrons. The highest BCUT2D eigenvalue weighted by atomic mass is 16.5. The molecule has 2 aliphatic rings. The van der Waals surface area contributed by atoms with E-state index in [0.29, 0.717) is 0 Å². The molecule has 1 aliphatic carbocycles. The second kappa shape index (κ2) is 1.51. The van der Waals surface area contributed by atoms with Gasteiger partial charge in [0.2, 0.25) is 0 Å². The standard InChI is InChI=1S/C7H10O/c1-2-6(1)7-3-4-8-5-7/h5-6H,1-4H2. The fourth-order valence-electron chi connectivity index (χ4n) is 1.16. The minimum absolute atomic E-state index is 0.928. The normalized spacial score (nSPS) is 27.2. The maximum absolute atomic E-state index is 5.10. The van der Waals surface area contributed by atoms with Gasteiger partial charge in [-0.05, 0) is 24.3 Å². The highest BCUT2D eigenvalue weighted by Crippen LogP contribution is 2.39. The Bertz CT molecular complexity index is 122. The summed E-state index contributed by atoms with van der Waals surface area (Å²) in [5.41, 5.74) is 1.56. The molecule has 1 heterocycles. The Morgan fingerprint density at radius 1 is 1.50 bits per heavy atom. The summed E-state index contributed by atoms with van der Waals surface area (Å²) < 4.78 is 5.10. The second-order valence-corrected chi connectivity index (χ2v) is 2.59. The first-order chi connectivity index (χ1) is 3.97. The van der Waals surface area contributed by atoms with Gasteiger partial charge in [-0.1, -0.05) is 0 Å². The van der Waals surface area contributed by atoms with Crippen molar-refractivity contribution in [2.75, 3.05) is 6.61 Å². The minimum Gasteiger partial charge on any atom is -0.501 e. The molecule has 0 unspecified atom stereocenters. The van der Waals surface area contributed by atoms with Gasteiger partial charge in [0.1, 0.15) is 0 Å². The van der Waals surface area contributed by atoms with Crippen molar-refractivity contribution in [2.45, 2.75) is 19.3 Å². The van der Waals surface area contributed by atoms with Crippen LogP contribution in [-0.4, -0.2) is 6.61 Å². The van der Waals surface area contributed by atoms with Gasteiger partial charge in [0.15, 0.2) is 0 Å². The van der Waals surface area contributed by atoms with Crippen LogP contribution in [0.25, 0.3) is 0 Å². The zero-order valence-corrected chi connectivity index (χ0v) is 4.89. The zero-order valence-electron chi connectivity index (χ0n) is 4.89. The van der Waals surface area contributed by atoms with Gasteiger partial charge in [0.25, 0.3) is 0 Å². The maximum Gasteiger partial charge on any atom is 0.0911 e. The summed E-state index contributed by atoms with van der Waals surface area (Å²) in [5, 5.41) is 0. The van der Waals surface area contributed by atoms with Crippen molar-refractivity contribution in [3.63, 3.8) is 0 Å². The van der Waals surface area contributed by atoms with Crippen molar-refractivity contribution < 1.29 is 4.74 Å². The molecule has 1 aliphatic heterocycles. The Morgan fingerprint density at radius 3 is 2.88 bits per heavy atom. The average molecular weight is 110 g/mol. The van der Waals surface area contributed by atoms with Crippen LogP contribution in [0.1, 0.15) is 19.3 Å². The van der Waals surface area contributed by atoms with E-state index >= 15 is 0 Å². The van der Waals surface area contributed by atoms with E-state index in [0.717, 1.165) is 12.5 Å². The van der Waals surface area contributed by atoms with E-state index in [1.807, 2.05) is 6.26 Å². The molecule has 0 atom stereocenters. The molecular weight excluding hydrogens is 100 g/mol. The number of hydrogen-bond donors (Lipinski definition) is 0. The van der Waals surface area contributed by atoms with Crippen LogP contribution in [0.4, 0.5) is 0 Å². The van der Waals surface area contributed by atoms with Crippen molar-refractivity contribution in [3.05, 3.63) is 11.8 Å². The van der Waals surface area contributed by atoms with Crippen LogP contribution in [0.3, 0.4) is 0 Å². The highest BCUT2D eigenvalue weighted by molar-refractivity contribution is 5.12. The molecule has 0 bridgehead atoms. The van der Waals surface area contributed by atoms with Gasteiger partial charge in [-0.25, -0.2) is 0 Å². The smallest absolute Gasteiger partial charge is 0.0911 e. The average Bonchev–Trinajstić information content (AvgIpc) is 2.49. The second-order valence-electron chi connectivity index (χ2n) is 2.59. The number of ether oxygens (including phenoxy) is 1. The van der Waals surface area contributed by atoms with Gasteiger partial charge in [-0.3, -0.25) is 0 Å². The summed E-state index contributed by atoms with van der Waals surface area (Å²) in [6.45, 7) is 0.936. The van der Waals surface area contributed by atoms with Crippen molar-refractivity contribution in [1.82, 2.24) is 0 Å². The van der Waals surface area contributed by atoms with E-state index in [1.54, 1.807) is 5.57 Å². The topological polar surface area (TPSA) is 9.23 Å². The first-order valence-corrected chi connectivity index (χ1v) is 3.27. The van der Waals surface area contributed by atoms with E-state index in [-0.39, 0.29) is 0 Å². The molecule has 2 rings (SSSR count). The van der Waals surface area contributed by atoms with Crippen LogP contribution < -0.4 is 0 Å². The van der Waals surface area contributed by atoms with Gasteiger partial charge < -0.3 is 4.74 Å². The first-order valence-electron chi connectivity index (χ1n) is 3.27. The Balaban J connectivity index is 2.02. The predicted molar refractivity (Wildman–Crippen MR) is 31.4 cm³/mol. The molecule has 1 nitrogen and oxygen atoms in total. The third-order valence-corrected chi connectivity index (χ3v) is 1.85. The monoisotopic (exact) mass is 110 g/mol. The van der Waals surface area contributed by atoms with Crippen LogP contribution in [0, 0.1) is 5.92 Å². The quantitative estimate of drug-likeness (QED) is 0.499. The molecule has 0 amide bonds. The zero-order chi connectivity index (χ0) is 5.40. The summed E-state index contributed by atoms with van der Waals surface area (Å²) in [6.07, 6.45) is 5.98. The van der Waals surface area contributed by atoms with Gasteiger partial charge in [0.05, 0.1) is 12.9 Å². The molecule has 0 N–H and O–H groups in total. The Morgan fingerprint density at radius 2 is 2.38 bits per heavy atom. The van der Waals surface area contributed by atoms with E-state index in [2.05, 4.69) is 0 Å². The van der Waals surface area contributed by atoms with Gasteiger partial charge in [0, 0.05) is 6.42 Å². The van der Waals surface area contributed by atoms with E-state index in [1.165, 1.54) is 19.3 Å². The number of rotatable bonds is 1. The molecule has 1 fully saturated rings. The van der Waals surface area contributed by atoms with Gasteiger partial charge in [-0.15, -0.1) is 0 Å². The lowest BCUT2D eigenvalue weighted by Gasteiger charge is -1.88. The summed E-state index contributed by atoms with van der Waals surface area (Å²) in [7, 11) is 0. The lowest BCUT2D eigenvalue weighted by Crippen LogP contribution is -1.80. The molecule has 0 spiro atoms. The number of hydrogen-bond acceptors (Lipinski definition) is 1. The third kappa shape index (κ3) is 0.623. The largest absolute Gasteiger partial charge is 0.501 e. The molecule has 0 saturated heterocycles. The molecule has 0 aromatic heterocycles. The SMILES string of the molecule is C1=C(C2CC2)CCO1. The molecule has 44 valence electrons. The van der Waals surface area contributed by atoms with Gasteiger partial charge >= 0.3 is 0 Å². The van der Waals surface area contributed by atoms with Crippen molar-refractivity contribution in [2.24, 2.45) is 5.92 Å². The molecule has 1 saturated carbocycles. The molecule has 8 heavy (non-hydrogen) atoms. The van der Waals surface area contributed by atoms with Crippen LogP contribution >= 0.6 is 0 Å². The summed E-state index contributed by atoms with van der Waals surface area (Å²) in [6, 6.07) is 0. The third-order valence-electron chi connectivity index (χ3n) is 1.85. The van der Waals surface area contributed by atoms with Crippen molar-refractivity contribution in [3.8, 4) is 0 Å². The summed E-state index contributed by atoms with van der Waals surface area (Å²) >= 11 is 0. The maximum atomic E-state index is 5.10. The van der Waals surface area contributed by atoms with E-state index in [4.69, 9.17) is 4.74 Å². The summed E-state index contributed by atoms with van der Waals surface area (Å²) in [4.78, 5) is 0. The summed E-state index contributed by atoms with van der Waals surface area (Å²) in [5.74, 6) is 0.928. The fourth-order valence-corrected chi connectivity index (χ4v) is 1.16. The highest BCUT2D eigenvalue weighted by Gasteiger charge is 2.27. The predicted octanol–water partition coefficient (Wildman–Crippen LogP) is 1.70. The lowest BCUT2D eigenvalue weighted by atomic mass is 10.1. The Labute approximate surface area is 49.3 Å².